The van der Waals surface area contributed by atoms with Gasteiger partial charge in [0.2, 0.25) is 0 Å². The summed E-state index contributed by atoms with van der Waals surface area (Å²) in [7, 11) is 0. The fourth-order valence-electron chi connectivity index (χ4n) is 2.58. The van der Waals surface area contributed by atoms with Crippen molar-refractivity contribution in [1.29, 1.82) is 0 Å². The number of hydrogen-bond donors (Lipinski definition) is 0. The molecule has 0 N–H and O–H groups in total. The fraction of sp³-hybridized carbons (Fsp3) is 0.615. The summed E-state index contributed by atoms with van der Waals surface area (Å²) < 4.78 is 2.16. The van der Waals surface area contributed by atoms with Crippen LogP contribution in [0.25, 0.3) is 0 Å². The molecule has 1 heterocycles. The fourth-order valence-corrected chi connectivity index (χ4v) is 2.58. The molecule has 1 saturated carbocycles. The molecule has 0 radical (unpaired) electrons. The van der Waals surface area contributed by atoms with Crippen molar-refractivity contribution >= 4 is 6.29 Å². The zero-order chi connectivity index (χ0) is 10.7. The van der Waals surface area contributed by atoms with Crippen LogP contribution in [-0.2, 0) is 0 Å². The van der Waals surface area contributed by atoms with Gasteiger partial charge in [-0.2, -0.15) is 0 Å². The SMILES string of the molecule is CC1CCCC(n2cccc2C=O)CC1. The van der Waals surface area contributed by atoms with E-state index in [4.69, 9.17) is 0 Å². The molecule has 1 fully saturated rings. The minimum Gasteiger partial charge on any atom is -0.342 e. The zero-order valence-electron chi connectivity index (χ0n) is 9.36. The molecule has 2 nitrogen and oxygen atoms in total. The molecule has 1 aromatic rings. The monoisotopic (exact) mass is 205 g/mol. The van der Waals surface area contributed by atoms with Crippen LogP contribution >= 0.6 is 0 Å². The number of hydrogen-bond acceptors (Lipinski definition) is 1. The quantitative estimate of drug-likeness (QED) is 0.535. The highest BCUT2D eigenvalue weighted by atomic mass is 16.1. The number of carbonyl (C=O) groups excluding carboxylic acids is 1. The predicted molar refractivity (Wildman–Crippen MR) is 61.1 cm³/mol. The van der Waals surface area contributed by atoms with Gasteiger partial charge in [-0.3, -0.25) is 4.79 Å². The van der Waals surface area contributed by atoms with Gasteiger partial charge >= 0.3 is 0 Å². The highest BCUT2D eigenvalue weighted by Gasteiger charge is 2.18. The minimum atomic E-state index is 0.546. The van der Waals surface area contributed by atoms with E-state index in [1.165, 1.54) is 32.1 Å². The maximum Gasteiger partial charge on any atom is 0.166 e. The highest BCUT2D eigenvalue weighted by molar-refractivity contribution is 5.72. The maximum atomic E-state index is 10.9. The van der Waals surface area contributed by atoms with Gasteiger partial charge in [-0.1, -0.05) is 19.8 Å². The Morgan fingerprint density at radius 3 is 3.00 bits per heavy atom. The smallest absolute Gasteiger partial charge is 0.166 e. The molecule has 82 valence electrons. The van der Waals surface area contributed by atoms with Crippen molar-refractivity contribution in [3.05, 3.63) is 24.0 Å². The minimum absolute atomic E-state index is 0.546. The van der Waals surface area contributed by atoms with Crippen LogP contribution in [0.4, 0.5) is 0 Å². The van der Waals surface area contributed by atoms with Crippen LogP contribution in [0, 0.1) is 5.92 Å². The van der Waals surface area contributed by atoms with Crippen LogP contribution < -0.4 is 0 Å². The lowest BCUT2D eigenvalue weighted by atomic mass is 10.0. The molecule has 2 atom stereocenters. The molecule has 1 aliphatic carbocycles. The Balaban J connectivity index is 2.12. The Hall–Kier alpha value is -1.05. The van der Waals surface area contributed by atoms with Gasteiger partial charge in [-0.05, 0) is 37.3 Å². The van der Waals surface area contributed by atoms with Crippen LogP contribution in [0.5, 0.6) is 0 Å². The van der Waals surface area contributed by atoms with E-state index < -0.39 is 0 Å². The summed E-state index contributed by atoms with van der Waals surface area (Å²) in [6.45, 7) is 2.33. The van der Waals surface area contributed by atoms with Gasteiger partial charge in [0.05, 0.1) is 5.69 Å². The lowest BCUT2D eigenvalue weighted by Crippen LogP contribution is -2.09. The average Bonchev–Trinajstić information content (AvgIpc) is 2.61. The third-order valence-electron chi connectivity index (χ3n) is 3.55. The van der Waals surface area contributed by atoms with E-state index in [0.29, 0.717) is 6.04 Å². The van der Waals surface area contributed by atoms with Crippen molar-refractivity contribution in [2.24, 2.45) is 5.92 Å². The second-order valence-corrected chi connectivity index (χ2v) is 4.73. The van der Waals surface area contributed by atoms with Crippen molar-refractivity contribution in [3.63, 3.8) is 0 Å². The molecular formula is C13H19NO. The number of carbonyl (C=O) groups is 1. The van der Waals surface area contributed by atoms with Gasteiger partial charge in [0.1, 0.15) is 0 Å². The summed E-state index contributed by atoms with van der Waals surface area (Å²) >= 11 is 0. The van der Waals surface area contributed by atoms with Crippen molar-refractivity contribution < 1.29 is 4.79 Å². The Morgan fingerprint density at radius 2 is 2.20 bits per heavy atom. The van der Waals surface area contributed by atoms with E-state index in [1.54, 1.807) is 0 Å². The van der Waals surface area contributed by atoms with Gasteiger partial charge in [0.25, 0.3) is 0 Å². The molecule has 0 amide bonds. The Morgan fingerprint density at radius 1 is 1.33 bits per heavy atom. The first-order chi connectivity index (χ1) is 7.31. The lowest BCUT2D eigenvalue weighted by molar-refractivity contribution is 0.111. The van der Waals surface area contributed by atoms with E-state index in [9.17, 15) is 4.79 Å². The molecule has 0 bridgehead atoms. The summed E-state index contributed by atoms with van der Waals surface area (Å²) in [5, 5.41) is 0. The van der Waals surface area contributed by atoms with Crippen LogP contribution in [0.3, 0.4) is 0 Å². The van der Waals surface area contributed by atoms with Gasteiger partial charge in [0, 0.05) is 12.2 Å². The highest BCUT2D eigenvalue weighted by Crippen LogP contribution is 2.30. The summed E-state index contributed by atoms with van der Waals surface area (Å²) in [4.78, 5) is 10.9. The summed E-state index contributed by atoms with van der Waals surface area (Å²) in [6.07, 6.45) is 9.38. The second kappa shape index (κ2) is 4.65. The number of rotatable bonds is 2. The Labute approximate surface area is 91.3 Å². The van der Waals surface area contributed by atoms with E-state index in [0.717, 1.165) is 17.9 Å². The zero-order valence-corrected chi connectivity index (χ0v) is 9.36. The van der Waals surface area contributed by atoms with Crippen molar-refractivity contribution in [1.82, 2.24) is 4.57 Å². The molecule has 0 spiro atoms. The predicted octanol–water partition coefficient (Wildman–Crippen LogP) is 3.44. The molecule has 1 aliphatic rings. The topological polar surface area (TPSA) is 22.0 Å². The molecular weight excluding hydrogens is 186 g/mol. The molecule has 2 heteroatoms. The molecule has 1 aromatic heterocycles. The first-order valence-corrected chi connectivity index (χ1v) is 5.93. The first-order valence-electron chi connectivity index (χ1n) is 5.93. The van der Waals surface area contributed by atoms with Crippen molar-refractivity contribution in [2.75, 3.05) is 0 Å². The Kier molecular flexibility index (Phi) is 3.24. The van der Waals surface area contributed by atoms with Crippen LogP contribution in [0.2, 0.25) is 0 Å². The van der Waals surface area contributed by atoms with Crippen LogP contribution in [-0.4, -0.2) is 10.9 Å². The van der Waals surface area contributed by atoms with Gasteiger partial charge < -0.3 is 4.57 Å². The van der Waals surface area contributed by atoms with E-state index in [2.05, 4.69) is 11.5 Å². The molecule has 0 aliphatic heterocycles. The molecule has 15 heavy (non-hydrogen) atoms. The van der Waals surface area contributed by atoms with Gasteiger partial charge in [-0.15, -0.1) is 0 Å². The molecule has 2 rings (SSSR count). The largest absolute Gasteiger partial charge is 0.342 e. The standard InChI is InChI=1S/C13H19NO/c1-11-4-2-5-12(8-7-11)14-9-3-6-13(14)10-15/h3,6,9-12H,2,4-5,7-8H2,1H3. The van der Waals surface area contributed by atoms with Crippen molar-refractivity contribution in [3.8, 4) is 0 Å². The summed E-state index contributed by atoms with van der Waals surface area (Å²) in [6, 6.07) is 4.42. The summed E-state index contributed by atoms with van der Waals surface area (Å²) in [5.41, 5.74) is 0.828. The third kappa shape index (κ3) is 2.31. The number of aromatic nitrogens is 1. The lowest BCUT2D eigenvalue weighted by Gasteiger charge is -2.18. The van der Waals surface area contributed by atoms with Gasteiger partial charge in [-0.25, -0.2) is 0 Å². The maximum absolute atomic E-state index is 10.9. The Bertz CT molecular complexity index is 329. The van der Waals surface area contributed by atoms with E-state index in [1.807, 2.05) is 18.3 Å². The molecule has 2 unspecified atom stereocenters. The second-order valence-electron chi connectivity index (χ2n) is 4.73. The third-order valence-corrected chi connectivity index (χ3v) is 3.55. The molecule has 0 aromatic carbocycles. The van der Waals surface area contributed by atoms with Gasteiger partial charge in [0.15, 0.2) is 6.29 Å². The first kappa shape index (κ1) is 10.5. The van der Waals surface area contributed by atoms with E-state index >= 15 is 0 Å². The summed E-state index contributed by atoms with van der Waals surface area (Å²) in [5.74, 6) is 0.852. The normalized spacial score (nSPS) is 27.3. The number of aldehydes is 1. The van der Waals surface area contributed by atoms with Crippen molar-refractivity contribution in [2.45, 2.75) is 45.1 Å². The number of nitrogens with zero attached hydrogens (tertiary/aromatic N) is 1. The molecule has 0 saturated heterocycles. The van der Waals surface area contributed by atoms with E-state index in [-0.39, 0.29) is 0 Å². The van der Waals surface area contributed by atoms with Crippen LogP contribution in [0.1, 0.15) is 55.6 Å². The van der Waals surface area contributed by atoms with Crippen LogP contribution in [0.15, 0.2) is 18.3 Å². The average molecular weight is 205 g/mol.